The van der Waals surface area contributed by atoms with E-state index in [1.165, 1.54) is 10.8 Å². The van der Waals surface area contributed by atoms with Gasteiger partial charge < -0.3 is 5.32 Å². The highest BCUT2D eigenvalue weighted by Crippen LogP contribution is 2.47. The average Bonchev–Trinajstić information content (AvgIpc) is 2.75. The van der Waals surface area contributed by atoms with Gasteiger partial charge >= 0.3 is 6.03 Å². The summed E-state index contributed by atoms with van der Waals surface area (Å²) in [6, 6.07) is 30.5. The van der Waals surface area contributed by atoms with Crippen LogP contribution in [-0.2, 0) is 6.54 Å². The molecule has 0 saturated carbocycles. The Morgan fingerprint density at radius 1 is 0.750 bits per heavy atom. The fourth-order valence-corrected chi connectivity index (χ4v) is 4.59. The highest BCUT2D eigenvalue weighted by atomic mass is 32.2. The Kier molecular flexibility index (Phi) is 4.26. The van der Waals surface area contributed by atoms with Crippen LogP contribution >= 0.6 is 11.8 Å². The molecule has 1 aliphatic heterocycles. The van der Waals surface area contributed by atoms with E-state index in [0.717, 1.165) is 26.7 Å². The Morgan fingerprint density at radius 2 is 1.36 bits per heavy atom. The summed E-state index contributed by atoms with van der Waals surface area (Å²) in [5.74, 6) is 0. The smallest absolute Gasteiger partial charge is 0.326 e. The predicted octanol–water partition coefficient (Wildman–Crippen LogP) is 6.35. The summed E-state index contributed by atoms with van der Waals surface area (Å²) < 4.78 is 0. The second-order valence-corrected chi connectivity index (χ2v) is 7.80. The lowest BCUT2D eigenvalue weighted by Gasteiger charge is -2.31. The Hall–Kier alpha value is -3.24. The number of anilines is 2. The van der Waals surface area contributed by atoms with E-state index in [4.69, 9.17) is 0 Å². The van der Waals surface area contributed by atoms with Crippen molar-refractivity contribution >= 4 is 39.9 Å². The molecule has 0 radical (unpaired) electrons. The van der Waals surface area contributed by atoms with Crippen molar-refractivity contribution in [2.45, 2.75) is 16.3 Å². The van der Waals surface area contributed by atoms with E-state index in [-0.39, 0.29) is 6.03 Å². The van der Waals surface area contributed by atoms with Crippen LogP contribution in [0.1, 0.15) is 5.56 Å². The summed E-state index contributed by atoms with van der Waals surface area (Å²) in [7, 11) is 0. The van der Waals surface area contributed by atoms with Gasteiger partial charge in [-0.25, -0.2) is 4.79 Å². The molecule has 0 unspecified atom stereocenters. The van der Waals surface area contributed by atoms with Crippen molar-refractivity contribution in [2.24, 2.45) is 0 Å². The van der Waals surface area contributed by atoms with Crippen LogP contribution in [0.15, 0.2) is 101 Å². The van der Waals surface area contributed by atoms with Crippen LogP contribution in [-0.4, -0.2) is 6.03 Å². The number of carbonyl (C=O) groups excluding carboxylic acids is 1. The molecule has 0 atom stereocenters. The van der Waals surface area contributed by atoms with Crippen molar-refractivity contribution in [2.75, 3.05) is 4.90 Å². The zero-order valence-electron chi connectivity index (χ0n) is 15.1. The molecule has 1 aliphatic rings. The predicted molar refractivity (Wildman–Crippen MR) is 115 cm³/mol. The number of benzene rings is 4. The van der Waals surface area contributed by atoms with Gasteiger partial charge in [0.15, 0.2) is 0 Å². The van der Waals surface area contributed by atoms with Gasteiger partial charge in [-0.3, -0.25) is 4.90 Å². The molecule has 28 heavy (non-hydrogen) atoms. The van der Waals surface area contributed by atoms with Crippen molar-refractivity contribution in [3.8, 4) is 0 Å². The van der Waals surface area contributed by atoms with Crippen molar-refractivity contribution in [3.63, 3.8) is 0 Å². The van der Waals surface area contributed by atoms with Crippen LogP contribution in [0.25, 0.3) is 10.8 Å². The maximum absolute atomic E-state index is 13.2. The fraction of sp³-hybridized carbons (Fsp3) is 0.0417. The van der Waals surface area contributed by atoms with Crippen LogP contribution in [0.3, 0.4) is 0 Å². The second-order valence-electron chi connectivity index (χ2n) is 6.71. The standard InChI is InChI=1S/C24H18N2OS/c27-24(25-16-17-13-14-18-7-1-2-8-19(18)15-17)26-20-9-3-5-11-22(20)28-23-12-6-4-10-21(23)26/h1-15H,16H2,(H,25,27). The molecule has 0 bridgehead atoms. The van der Waals surface area contributed by atoms with E-state index in [0.29, 0.717) is 6.54 Å². The Labute approximate surface area is 168 Å². The molecule has 3 nitrogen and oxygen atoms in total. The number of rotatable bonds is 2. The zero-order valence-corrected chi connectivity index (χ0v) is 15.9. The Morgan fingerprint density at radius 3 is 2.07 bits per heavy atom. The van der Waals surface area contributed by atoms with Crippen LogP contribution in [0, 0.1) is 0 Å². The highest BCUT2D eigenvalue weighted by molar-refractivity contribution is 7.99. The van der Waals surface area contributed by atoms with Gasteiger partial charge in [-0.15, -0.1) is 0 Å². The topological polar surface area (TPSA) is 32.3 Å². The molecule has 1 heterocycles. The van der Waals surface area contributed by atoms with Crippen LogP contribution in [0.5, 0.6) is 0 Å². The fourth-order valence-electron chi connectivity index (χ4n) is 3.53. The first kappa shape index (κ1) is 16.9. The molecule has 0 fully saturated rings. The third-order valence-corrected chi connectivity index (χ3v) is 6.02. The number of carbonyl (C=O) groups is 1. The van der Waals surface area contributed by atoms with Crippen LogP contribution in [0.4, 0.5) is 16.2 Å². The lowest BCUT2D eigenvalue weighted by Crippen LogP contribution is -2.37. The van der Waals surface area contributed by atoms with E-state index in [2.05, 4.69) is 47.8 Å². The first-order chi connectivity index (χ1) is 13.8. The molecular formula is C24H18N2OS. The van der Waals surface area contributed by atoms with Crippen molar-refractivity contribution in [1.82, 2.24) is 5.32 Å². The van der Waals surface area contributed by atoms with Gasteiger partial charge in [0, 0.05) is 16.3 Å². The van der Waals surface area contributed by atoms with E-state index in [1.54, 1.807) is 16.7 Å². The molecule has 136 valence electrons. The number of urea groups is 1. The minimum absolute atomic E-state index is 0.117. The monoisotopic (exact) mass is 382 g/mol. The van der Waals surface area contributed by atoms with Crippen molar-refractivity contribution < 1.29 is 4.79 Å². The maximum Gasteiger partial charge on any atom is 0.326 e. The summed E-state index contributed by atoms with van der Waals surface area (Å²) in [6.07, 6.45) is 0. The molecule has 1 N–H and O–H groups in total. The van der Waals surface area contributed by atoms with Gasteiger partial charge in [0.2, 0.25) is 0 Å². The summed E-state index contributed by atoms with van der Waals surface area (Å²) >= 11 is 1.70. The van der Waals surface area contributed by atoms with Crippen LogP contribution in [0.2, 0.25) is 0 Å². The maximum atomic E-state index is 13.2. The van der Waals surface area contributed by atoms with E-state index in [1.807, 2.05) is 48.5 Å². The van der Waals surface area contributed by atoms with Crippen molar-refractivity contribution in [3.05, 3.63) is 96.6 Å². The van der Waals surface area contributed by atoms with Crippen molar-refractivity contribution in [1.29, 1.82) is 0 Å². The number of hydrogen-bond donors (Lipinski definition) is 1. The molecule has 4 heteroatoms. The molecule has 0 spiro atoms. The lowest BCUT2D eigenvalue weighted by atomic mass is 10.1. The third-order valence-electron chi connectivity index (χ3n) is 4.89. The number of para-hydroxylation sites is 2. The van der Waals surface area contributed by atoms with Crippen LogP contribution < -0.4 is 10.2 Å². The highest BCUT2D eigenvalue weighted by Gasteiger charge is 2.27. The molecule has 0 aliphatic carbocycles. The first-order valence-electron chi connectivity index (χ1n) is 9.21. The zero-order chi connectivity index (χ0) is 18.9. The Bertz CT molecular complexity index is 1140. The molecule has 4 aromatic carbocycles. The second kappa shape index (κ2) is 7.06. The SMILES string of the molecule is O=C(NCc1ccc2ccccc2c1)N1c2ccccc2Sc2ccccc21. The largest absolute Gasteiger partial charge is 0.333 e. The first-order valence-corrected chi connectivity index (χ1v) is 10.0. The summed E-state index contributed by atoms with van der Waals surface area (Å²) in [5, 5.41) is 5.48. The molecule has 0 saturated heterocycles. The molecular weight excluding hydrogens is 364 g/mol. The normalized spacial score (nSPS) is 12.4. The van der Waals surface area contributed by atoms with Gasteiger partial charge in [0.1, 0.15) is 0 Å². The van der Waals surface area contributed by atoms with Gasteiger partial charge in [-0.2, -0.15) is 0 Å². The molecule has 0 aromatic heterocycles. The minimum Gasteiger partial charge on any atom is -0.333 e. The summed E-state index contributed by atoms with van der Waals surface area (Å²) in [6.45, 7) is 0.484. The van der Waals surface area contributed by atoms with Gasteiger partial charge in [0.05, 0.1) is 11.4 Å². The van der Waals surface area contributed by atoms with E-state index in [9.17, 15) is 4.79 Å². The number of hydrogen-bond acceptors (Lipinski definition) is 2. The summed E-state index contributed by atoms with van der Waals surface area (Å²) in [4.78, 5) is 17.1. The van der Waals surface area contributed by atoms with Gasteiger partial charge in [-0.05, 0) is 46.7 Å². The minimum atomic E-state index is -0.117. The van der Waals surface area contributed by atoms with E-state index >= 15 is 0 Å². The number of nitrogens with one attached hydrogen (secondary N) is 1. The molecule has 4 aromatic rings. The molecule has 5 rings (SSSR count). The number of fused-ring (bicyclic) bond motifs is 3. The third kappa shape index (κ3) is 3.02. The Balaban J connectivity index is 1.43. The summed E-state index contributed by atoms with van der Waals surface area (Å²) in [5.41, 5.74) is 2.92. The quantitative estimate of drug-likeness (QED) is 0.438. The van der Waals surface area contributed by atoms with Gasteiger partial charge in [0.25, 0.3) is 0 Å². The number of nitrogens with zero attached hydrogens (tertiary/aromatic N) is 1. The molecule has 2 amide bonds. The lowest BCUT2D eigenvalue weighted by molar-refractivity contribution is 0.248. The number of amides is 2. The van der Waals surface area contributed by atoms with Gasteiger partial charge in [-0.1, -0.05) is 72.4 Å². The van der Waals surface area contributed by atoms with E-state index < -0.39 is 0 Å². The average molecular weight is 382 g/mol.